The van der Waals surface area contributed by atoms with Crippen molar-refractivity contribution in [1.82, 2.24) is 9.55 Å². The van der Waals surface area contributed by atoms with E-state index < -0.39 is 46.6 Å². The summed E-state index contributed by atoms with van der Waals surface area (Å²) < 4.78 is 31.2. The molecule has 10 nitrogen and oxygen atoms in total. The molecule has 2 saturated heterocycles. The number of aromatic nitrogens is 2. The summed E-state index contributed by atoms with van der Waals surface area (Å²) in [5.41, 5.74) is 4.23. The van der Waals surface area contributed by atoms with Crippen LogP contribution in [0.25, 0.3) is 16.7 Å². The van der Waals surface area contributed by atoms with E-state index in [1.807, 2.05) is 0 Å². The minimum absolute atomic E-state index is 0.0928. The van der Waals surface area contributed by atoms with Gasteiger partial charge in [-0.3, -0.25) is 9.36 Å². The van der Waals surface area contributed by atoms with Crippen LogP contribution in [-0.2, 0) is 0 Å². The summed E-state index contributed by atoms with van der Waals surface area (Å²) in [5, 5.41) is 28.0. The van der Waals surface area contributed by atoms with Gasteiger partial charge in [-0.15, -0.1) is 0 Å². The number of aliphatic hydroxyl groups excluding tert-OH is 2. The number of aliphatic hydroxyl groups is 2. The number of nitrogens with two attached hydrogens (primary N) is 1. The van der Waals surface area contributed by atoms with E-state index in [0.717, 1.165) is 22.9 Å². The third-order valence-corrected chi connectivity index (χ3v) is 6.32. The summed E-state index contributed by atoms with van der Waals surface area (Å²) in [5.74, 6) is -3.95. The lowest BCUT2D eigenvalue weighted by atomic mass is 10.1. The van der Waals surface area contributed by atoms with Gasteiger partial charge in [-0.1, -0.05) is 11.6 Å². The molecule has 0 amide bonds. The first-order chi connectivity index (χ1) is 16.1. The molecule has 0 aliphatic carbocycles. The molecule has 2 aliphatic heterocycles. The summed E-state index contributed by atoms with van der Waals surface area (Å²) in [7, 11) is 0. The minimum atomic E-state index is -1.60. The number of carbonyl (C=O) groups is 1. The normalized spacial score (nSPS) is 16.6. The van der Waals surface area contributed by atoms with Crippen LogP contribution in [-0.4, -0.2) is 69.2 Å². The number of carboxylic acids is 1. The van der Waals surface area contributed by atoms with E-state index in [9.17, 15) is 29.3 Å². The summed E-state index contributed by atoms with van der Waals surface area (Å²) in [6, 6.07) is 1.92. The van der Waals surface area contributed by atoms with Crippen LogP contribution in [0.4, 0.5) is 26.0 Å². The van der Waals surface area contributed by atoms with Crippen LogP contribution in [0.15, 0.2) is 23.1 Å². The molecule has 34 heavy (non-hydrogen) atoms. The number of hydrogen-bond acceptors (Lipinski definition) is 8. The van der Waals surface area contributed by atoms with E-state index >= 15 is 4.39 Å². The third kappa shape index (κ3) is 3.33. The average Bonchev–Trinajstić information content (AvgIpc) is 2.72. The lowest BCUT2D eigenvalue weighted by Gasteiger charge is -2.38. The topological polar surface area (TPSA) is 145 Å². The number of hydrogen-bond donors (Lipinski definition) is 4. The maximum Gasteiger partial charge on any atom is 0.341 e. The van der Waals surface area contributed by atoms with Gasteiger partial charge >= 0.3 is 5.97 Å². The molecule has 5 rings (SSSR count). The Morgan fingerprint density at radius 3 is 2.29 bits per heavy atom. The predicted octanol–water partition coefficient (Wildman–Crippen LogP) is 0.960. The van der Waals surface area contributed by atoms with Crippen LogP contribution in [0, 0.1) is 11.6 Å². The second-order valence-electron chi connectivity index (χ2n) is 8.28. The van der Waals surface area contributed by atoms with Crippen molar-refractivity contribution in [3.8, 4) is 5.82 Å². The van der Waals surface area contributed by atoms with Crippen molar-refractivity contribution in [2.24, 2.45) is 0 Å². The van der Waals surface area contributed by atoms with E-state index in [1.54, 1.807) is 4.90 Å². The fraction of sp³-hybridized carbons (Fsp3) is 0.286. The first-order valence-corrected chi connectivity index (χ1v) is 10.6. The van der Waals surface area contributed by atoms with Gasteiger partial charge in [0.25, 0.3) is 0 Å². The summed E-state index contributed by atoms with van der Waals surface area (Å²) >= 11 is 6.49. The van der Waals surface area contributed by atoms with Crippen molar-refractivity contribution in [2.45, 2.75) is 12.2 Å². The first-order valence-electron chi connectivity index (χ1n) is 10.2. The number of anilines is 3. The summed E-state index contributed by atoms with van der Waals surface area (Å²) in [6.45, 7) is 0.668. The van der Waals surface area contributed by atoms with Gasteiger partial charge in [0.05, 0.1) is 39.5 Å². The molecule has 0 saturated carbocycles. The first kappa shape index (κ1) is 22.3. The van der Waals surface area contributed by atoms with E-state index in [0.29, 0.717) is 0 Å². The van der Waals surface area contributed by atoms with Crippen molar-refractivity contribution in [3.05, 3.63) is 50.8 Å². The molecular weight excluding hydrogens is 476 g/mol. The molecule has 0 unspecified atom stereocenters. The Hall–Kier alpha value is -3.48. The third-order valence-electron chi connectivity index (χ3n) is 5.96. The standard InChI is InChI=1S/C21H18ClF2N5O5/c22-15-16-10(1-12(23)17(15)28-5-9(31)6-28)18(32)11(21(33)34)7-29(16)20-13(24)2-14(19(25)26-20)27-3-8(30)4-27/h1-2,7-9,30-31H,3-6H2,(H2,25,26)(H,33,34). The molecule has 0 radical (unpaired) electrons. The van der Waals surface area contributed by atoms with Crippen molar-refractivity contribution in [3.63, 3.8) is 0 Å². The zero-order valence-electron chi connectivity index (χ0n) is 17.4. The molecule has 178 valence electrons. The number of β-amino-alcohol motifs (C(OH)–C–C–N with tert-alkyl or cyclic N) is 2. The number of aromatic carboxylic acids is 1. The second kappa shape index (κ2) is 7.79. The van der Waals surface area contributed by atoms with Gasteiger partial charge < -0.3 is 30.9 Å². The van der Waals surface area contributed by atoms with Crippen LogP contribution in [0.1, 0.15) is 10.4 Å². The van der Waals surface area contributed by atoms with E-state index in [2.05, 4.69) is 4.98 Å². The maximum absolute atomic E-state index is 15.3. The maximum atomic E-state index is 15.3. The molecule has 3 aromatic rings. The highest BCUT2D eigenvalue weighted by atomic mass is 35.5. The van der Waals surface area contributed by atoms with Gasteiger partial charge in [-0.25, -0.2) is 18.6 Å². The molecule has 1 aromatic carbocycles. The predicted molar refractivity (Wildman–Crippen MR) is 120 cm³/mol. The Balaban J connectivity index is 1.78. The number of benzene rings is 1. The van der Waals surface area contributed by atoms with Gasteiger partial charge in [0.2, 0.25) is 5.43 Å². The molecule has 13 heteroatoms. The minimum Gasteiger partial charge on any atom is -0.477 e. The molecule has 2 aliphatic rings. The molecule has 0 spiro atoms. The molecule has 2 aromatic heterocycles. The van der Waals surface area contributed by atoms with E-state index in [1.165, 1.54) is 4.90 Å². The van der Waals surface area contributed by atoms with E-state index in [-0.39, 0.29) is 59.3 Å². The number of pyridine rings is 2. The van der Waals surface area contributed by atoms with Crippen molar-refractivity contribution < 1.29 is 28.9 Å². The molecule has 4 heterocycles. The number of nitrogen functional groups attached to an aromatic ring is 1. The Kier molecular flexibility index (Phi) is 5.11. The fourth-order valence-corrected chi connectivity index (χ4v) is 4.61. The zero-order chi connectivity index (χ0) is 24.5. The Morgan fingerprint density at radius 2 is 1.71 bits per heavy atom. The largest absolute Gasteiger partial charge is 0.477 e. The number of carboxylic acid groups (broad SMARTS) is 1. The number of rotatable bonds is 4. The SMILES string of the molecule is Nc1nc(-n2cc(C(=O)O)c(=O)c3cc(F)c(N4CC(O)C4)c(Cl)c32)c(F)cc1N1CC(O)C1. The highest BCUT2D eigenvalue weighted by molar-refractivity contribution is 6.38. The highest BCUT2D eigenvalue weighted by Gasteiger charge is 2.32. The van der Waals surface area contributed by atoms with Crippen LogP contribution in [0.5, 0.6) is 0 Å². The molecule has 2 fully saturated rings. The summed E-state index contributed by atoms with van der Waals surface area (Å²) in [6.07, 6.45) is -0.395. The van der Waals surface area contributed by atoms with Crippen molar-refractivity contribution >= 4 is 45.7 Å². The van der Waals surface area contributed by atoms with Crippen LogP contribution >= 0.6 is 11.6 Å². The van der Waals surface area contributed by atoms with Gasteiger partial charge in [0.15, 0.2) is 11.6 Å². The Bertz CT molecular complexity index is 1420. The lowest BCUT2D eigenvalue weighted by molar-refractivity contribution is 0.0695. The smallest absolute Gasteiger partial charge is 0.341 e. The zero-order valence-corrected chi connectivity index (χ0v) is 18.1. The molecule has 5 N–H and O–H groups in total. The Morgan fingerprint density at radius 1 is 1.09 bits per heavy atom. The summed E-state index contributed by atoms with van der Waals surface area (Å²) in [4.78, 5) is 31.6. The molecular formula is C21H18ClF2N5O5. The fourth-order valence-electron chi connectivity index (χ4n) is 4.21. The monoisotopic (exact) mass is 493 g/mol. The number of nitrogens with zero attached hydrogens (tertiary/aromatic N) is 4. The van der Waals surface area contributed by atoms with Crippen LogP contribution < -0.4 is 21.0 Å². The van der Waals surface area contributed by atoms with Gasteiger partial charge in [-0.05, 0) is 6.07 Å². The van der Waals surface area contributed by atoms with Crippen molar-refractivity contribution in [1.29, 1.82) is 0 Å². The van der Waals surface area contributed by atoms with E-state index in [4.69, 9.17) is 17.3 Å². The van der Waals surface area contributed by atoms with Crippen molar-refractivity contribution in [2.75, 3.05) is 41.7 Å². The van der Waals surface area contributed by atoms with Crippen LogP contribution in [0.3, 0.4) is 0 Å². The highest BCUT2D eigenvalue weighted by Crippen LogP contribution is 2.39. The number of fused-ring (bicyclic) bond motifs is 1. The quantitative estimate of drug-likeness (QED) is 0.417. The lowest BCUT2D eigenvalue weighted by Crippen LogP contribution is -2.51. The Labute approximate surface area is 195 Å². The second-order valence-corrected chi connectivity index (χ2v) is 8.66. The molecule has 0 bridgehead atoms. The average molecular weight is 494 g/mol. The molecule has 0 atom stereocenters. The van der Waals surface area contributed by atoms with Gasteiger partial charge in [-0.2, -0.15) is 0 Å². The number of halogens is 3. The van der Waals surface area contributed by atoms with Gasteiger partial charge in [0.1, 0.15) is 17.2 Å². The van der Waals surface area contributed by atoms with Gasteiger partial charge in [0, 0.05) is 38.4 Å². The van der Waals surface area contributed by atoms with Crippen LogP contribution in [0.2, 0.25) is 5.02 Å².